The van der Waals surface area contributed by atoms with Crippen molar-refractivity contribution in [2.24, 2.45) is 0 Å². The maximum Gasteiger partial charge on any atom is 0.493 e. The first-order chi connectivity index (χ1) is 13.0. The SMILES string of the molecule is Nc1n[nH]c(N)[n+]1N.Nc1nc([N+](=O)[O-])nn1-c1c([N+](=O)[O-])n[n-]c1[N+](=O)[O-]. The Morgan fingerprint density at radius 3 is 2.07 bits per heavy atom. The van der Waals surface area contributed by atoms with Crippen molar-refractivity contribution in [1.82, 2.24) is 35.2 Å². The zero-order valence-electron chi connectivity index (χ0n) is 13.2. The molecule has 0 aliphatic rings. The van der Waals surface area contributed by atoms with Crippen molar-refractivity contribution in [3.63, 3.8) is 0 Å². The van der Waals surface area contributed by atoms with Crippen LogP contribution < -0.4 is 32.8 Å². The minimum atomic E-state index is -1.07. The summed E-state index contributed by atoms with van der Waals surface area (Å²) in [6, 6.07) is 0. The second kappa shape index (κ2) is 7.02. The minimum absolute atomic E-state index is 0.169. The fourth-order valence-corrected chi connectivity index (χ4v) is 1.63. The van der Waals surface area contributed by atoms with Crippen molar-refractivity contribution in [1.29, 1.82) is 0 Å². The van der Waals surface area contributed by atoms with Crippen molar-refractivity contribution in [3.05, 3.63) is 30.3 Å². The van der Waals surface area contributed by atoms with Gasteiger partial charge in [-0.1, -0.05) is 0 Å². The topological polar surface area (TPSA) is 324 Å². The van der Waals surface area contributed by atoms with E-state index in [2.05, 4.69) is 30.5 Å². The van der Waals surface area contributed by atoms with Crippen molar-refractivity contribution in [2.45, 2.75) is 0 Å². The Hall–Kier alpha value is -5.11. The Kier molecular flexibility index (Phi) is 4.82. The van der Waals surface area contributed by atoms with Gasteiger partial charge in [0.1, 0.15) is 0 Å². The number of aromatic amines is 1. The molecule has 3 aromatic heterocycles. The molecule has 0 unspecified atom stereocenters. The summed E-state index contributed by atoms with van der Waals surface area (Å²) in [6.45, 7) is 0. The molecule has 21 nitrogen and oxygen atoms in total. The van der Waals surface area contributed by atoms with E-state index in [-0.39, 0.29) is 11.9 Å². The van der Waals surface area contributed by atoms with Crippen molar-refractivity contribution < 1.29 is 19.4 Å². The second-order valence-electron chi connectivity index (χ2n) is 4.49. The van der Waals surface area contributed by atoms with Crippen LogP contribution in [-0.2, 0) is 0 Å². The summed E-state index contributed by atoms with van der Waals surface area (Å²) in [7, 11) is 0. The number of nitrogens with one attached hydrogen (secondary N) is 1. The van der Waals surface area contributed by atoms with Crippen molar-refractivity contribution in [2.75, 3.05) is 23.0 Å². The van der Waals surface area contributed by atoms with Gasteiger partial charge in [-0.25, -0.2) is 0 Å². The van der Waals surface area contributed by atoms with E-state index in [0.717, 1.165) is 4.68 Å². The molecule has 0 amide bonds. The van der Waals surface area contributed by atoms with Crippen LogP contribution in [0.1, 0.15) is 0 Å². The van der Waals surface area contributed by atoms with Crippen LogP contribution in [0.15, 0.2) is 0 Å². The first-order valence-corrected chi connectivity index (χ1v) is 6.50. The van der Waals surface area contributed by atoms with E-state index in [4.69, 9.17) is 23.0 Å². The Labute approximate surface area is 150 Å². The van der Waals surface area contributed by atoms with Gasteiger partial charge in [-0.2, -0.15) is 4.92 Å². The van der Waals surface area contributed by atoms with E-state index < -0.39 is 44.0 Å². The third-order valence-corrected chi connectivity index (χ3v) is 2.80. The van der Waals surface area contributed by atoms with Gasteiger partial charge in [0.25, 0.3) is 0 Å². The molecule has 0 aromatic carbocycles. The number of nitrogens with two attached hydrogens (primary N) is 4. The quantitative estimate of drug-likeness (QED) is 0.123. The first kappa shape index (κ1) is 19.2. The number of nitrogen functional groups attached to an aromatic ring is 4. The number of nitrogens with zero attached hydrogens (tertiary/aromatic N) is 10. The highest BCUT2D eigenvalue weighted by atomic mass is 16.6. The van der Waals surface area contributed by atoms with Gasteiger partial charge in [0, 0.05) is 5.10 Å². The largest absolute Gasteiger partial charge is 0.493 e. The van der Waals surface area contributed by atoms with Gasteiger partial charge in [0.15, 0.2) is 0 Å². The van der Waals surface area contributed by atoms with Gasteiger partial charge in [-0.3, -0.25) is 0 Å². The van der Waals surface area contributed by atoms with Crippen LogP contribution in [0.3, 0.4) is 0 Å². The van der Waals surface area contributed by atoms with Gasteiger partial charge < -0.3 is 53.4 Å². The molecule has 0 aliphatic carbocycles. The van der Waals surface area contributed by atoms with Gasteiger partial charge in [0.2, 0.25) is 11.5 Å². The number of hydrogen-bond acceptors (Lipinski definition) is 14. The van der Waals surface area contributed by atoms with E-state index in [9.17, 15) is 30.3 Å². The molecule has 0 atom stereocenters. The maximum absolute atomic E-state index is 10.7. The predicted octanol–water partition coefficient (Wildman–Crippen LogP) is -3.50. The molecule has 0 aliphatic heterocycles. The molecule has 9 N–H and O–H groups in total. The van der Waals surface area contributed by atoms with Crippen molar-refractivity contribution in [3.8, 4) is 5.69 Å². The molecule has 3 heterocycles. The average molecular weight is 399 g/mol. The summed E-state index contributed by atoms with van der Waals surface area (Å²) in [6.07, 6.45) is 0. The molecule has 21 heteroatoms. The molecule has 3 rings (SSSR count). The smallest absolute Gasteiger partial charge is 0.459 e. The predicted molar refractivity (Wildman–Crippen MR) is 84.6 cm³/mol. The lowest BCUT2D eigenvalue weighted by molar-refractivity contribution is -0.608. The number of aromatic nitrogens is 8. The summed E-state index contributed by atoms with van der Waals surface area (Å²) in [5.41, 5.74) is 14.8. The molecule has 3 aromatic rings. The van der Waals surface area contributed by atoms with Crippen LogP contribution in [0.5, 0.6) is 0 Å². The lowest BCUT2D eigenvalue weighted by Crippen LogP contribution is -2.47. The summed E-state index contributed by atoms with van der Waals surface area (Å²) in [5.74, 6) is 1.90. The molecule has 0 spiro atoms. The molecular formula is C7H9N15O6. The number of anilines is 3. The monoisotopic (exact) mass is 399 g/mol. The highest BCUT2D eigenvalue weighted by Gasteiger charge is 2.34. The summed E-state index contributed by atoms with van der Waals surface area (Å²) in [4.78, 5) is 32.0. The van der Waals surface area contributed by atoms with Crippen LogP contribution in [-0.4, -0.2) is 44.8 Å². The Morgan fingerprint density at radius 2 is 1.71 bits per heavy atom. The number of H-pyrrole nitrogens is 1. The molecule has 0 saturated carbocycles. The molecule has 0 radical (unpaired) electrons. The maximum atomic E-state index is 10.7. The Bertz CT molecular complexity index is 1010. The molecule has 0 bridgehead atoms. The van der Waals surface area contributed by atoms with Crippen LogP contribution in [0.25, 0.3) is 5.69 Å². The van der Waals surface area contributed by atoms with E-state index in [1.165, 1.54) is 0 Å². The van der Waals surface area contributed by atoms with E-state index in [1.807, 2.05) is 0 Å². The van der Waals surface area contributed by atoms with Crippen LogP contribution in [0, 0.1) is 30.3 Å². The summed E-state index contributed by atoms with van der Waals surface area (Å²) in [5, 5.41) is 47.0. The lowest BCUT2D eigenvalue weighted by atomic mass is 10.4. The van der Waals surface area contributed by atoms with E-state index in [1.54, 1.807) is 0 Å². The van der Waals surface area contributed by atoms with E-state index >= 15 is 0 Å². The van der Waals surface area contributed by atoms with Gasteiger partial charge in [-0.05, 0) is 25.0 Å². The zero-order valence-corrected chi connectivity index (χ0v) is 13.2. The lowest BCUT2D eigenvalue weighted by Gasteiger charge is -2.01. The normalized spacial score (nSPS) is 10.1. The zero-order chi connectivity index (χ0) is 21.2. The molecule has 0 saturated heterocycles. The number of nitro groups is 3. The Morgan fingerprint density at radius 1 is 1.07 bits per heavy atom. The molecule has 0 fully saturated rings. The summed E-state index contributed by atoms with van der Waals surface area (Å²) < 4.78 is 1.42. The summed E-state index contributed by atoms with van der Waals surface area (Å²) >= 11 is 0. The van der Waals surface area contributed by atoms with Crippen LogP contribution in [0.2, 0.25) is 0 Å². The standard InChI is InChI=1S/C5H2N9O6.C2H6N6/c6-4-7-5(14(19)20)10-11(4)1-2(12(15)16)8-9-3(1)13(17)18;3-1-6-7-2(4)8(1)5/h(H2-,6,7,8,9,10);5H2,(H4,3,4,6,7)/q-1;/p+1. The molecule has 28 heavy (non-hydrogen) atoms. The first-order valence-electron chi connectivity index (χ1n) is 6.50. The fourth-order valence-electron chi connectivity index (χ4n) is 1.63. The third-order valence-electron chi connectivity index (χ3n) is 2.80. The van der Waals surface area contributed by atoms with Gasteiger partial charge in [-0.15, -0.1) is 14.5 Å². The minimum Gasteiger partial charge on any atom is -0.459 e. The number of hydrogen-bond donors (Lipinski definition) is 5. The average Bonchev–Trinajstić information content (AvgIpc) is 3.29. The van der Waals surface area contributed by atoms with Crippen molar-refractivity contribution >= 4 is 35.4 Å². The van der Waals surface area contributed by atoms with Gasteiger partial charge >= 0.3 is 29.6 Å². The molecule has 148 valence electrons. The van der Waals surface area contributed by atoms with Crippen LogP contribution >= 0.6 is 0 Å². The Balaban J connectivity index is 0.000000292. The third kappa shape index (κ3) is 3.46. The van der Waals surface area contributed by atoms with E-state index in [0.29, 0.717) is 4.68 Å². The second-order valence-corrected chi connectivity index (χ2v) is 4.49. The highest BCUT2D eigenvalue weighted by molar-refractivity contribution is 5.60. The van der Waals surface area contributed by atoms with Gasteiger partial charge in [0.05, 0.1) is 5.10 Å². The molecular weight excluding hydrogens is 390 g/mol. The van der Waals surface area contributed by atoms with Crippen LogP contribution in [0.4, 0.5) is 35.4 Å². The fraction of sp³-hybridized carbons (Fsp3) is 0. The highest BCUT2D eigenvalue weighted by Crippen LogP contribution is 2.30. The number of rotatable bonds is 4.